The fraction of sp³-hybridized carbons (Fsp3) is 0.429. The minimum absolute atomic E-state index is 0.000340. The van der Waals surface area contributed by atoms with Crippen LogP contribution in [0.4, 0.5) is 0 Å². The van der Waals surface area contributed by atoms with E-state index in [0.29, 0.717) is 13.1 Å². The van der Waals surface area contributed by atoms with E-state index in [2.05, 4.69) is 21.7 Å². The van der Waals surface area contributed by atoms with E-state index in [4.69, 9.17) is 0 Å². The first kappa shape index (κ1) is 14.0. The lowest BCUT2D eigenvalue weighted by Crippen LogP contribution is -2.35. The second-order valence-corrected chi connectivity index (χ2v) is 5.69. The summed E-state index contributed by atoms with van der Waals surface area (Å²) < 4.78 is 1.20. The van der Waals surface area contributed by atoms with Gasteiger partial charge in [0.15, 0.2) is 0 Å². The highest BCUT2D eigenvalue weighted by Crippen LogP contribution is 2.21. The molecule has 4 nitrogen and oxygen atoms in total. The summed E-state index contributed by atoms with van der Waals surface area (Å²) in [5, 5.41) is 7.02. The summed E-state index contributed by atoms with van der Waals surface area (Å²) in [6, 6.07) is 8.10. The Balaban J connectivity index is 1.84. The smallest absolute Gasteiger partial charge is 0.224 e. The molecule has 102 valence electrons. The quantitative estimate of drug-likeness (QED) is 0.846. The van der Waals surface area contributed by atoms with Crippen LogP contribution in [0.15, 0.2) is 24.3 Å². The number of carbonyl (C=O) groups excluding carboxylic acids is 1. The number of nitrogens with one attached hydrogen (secondary N) is 2. The Hall–Kier alpha value is -1.46. The van der Waals surface area contributed by atoms with Crippen molar-refractivity contribution in [2.45, 2.75) is 13.3 Å². The zero-order chi connectivity index (χ0) is 13.7. The maximum absolute atomic E-state index is 11.7. The first-order chi connectivity index (χ1) is 9.20. The number of nitrogens with zero attached hydrogens (tertiary/aromatic N) is 1. The molecule has 0 radical (unpaired) electrons. The van der Waals surface area contributed by atoms with Gasteiger partial charge in [-0.05, 0) is 19.2 Å². The molecule has 0 saturated heterocycles. The SMILES string of the molecule is CNCC(C)C(=O)NCCc1nc2ccccc2s1. The lowest BCUT2D eigenvalue weighted by Gasteiger charge is -2.10. The van der Waals surface area contributed by atoms with Crippen LogP contribution in [0.1, 0.15) is 11.9 Å². The van der Waals surface area contributed by atoms with Gasteiger partial charge in [-0.2, -0.15) is 0 Å². The number of hydrogen-bond acceptors (Lipinski definition) is 4. The molecular weight excluding hydrogens is 258 g/mol. The normalized spacial score (nSPS) is 12.5. The highest BCUT2D eigenvalue weighted by molar-refractivity contribution is 7.18. The van der Waals surface area contributed by atoms with Crippen LogP contribution >= 0.6 is 11.3 Å². The summed E-state index contributed by atoms with van der Waals surface area (Å²) in [4.78, 5) is 16.3. The molecule has 1 amide bonds. The topological polar surface area (TPSA) is 54.0 Å². The molecule has 2 N–H and O–H groups in total. The van der Waals surface area contributed by atoms with E-state index in [1.807, 2.05) is 32.2 Å². The van der Waals surface area contributed by atoms with Gasteiger partial charge in [0.1, 0.15) is 0 Å². The van der Waals surface area contributed by atoms with Crippen LogP contribution in [0.2, 0.25) is 0 Å². The third-order valence-corrected chi connectivity index (χ3v) is 4.03. The van der Waals surface area contributed by atoms with Crippen molar-refractivity contribution in [3.8, 4) is 0 Å². The molecule has 1 aromatic carbocycles. The van der Waals surface area contributed by atoms with E-state index in [1.165, 1.54) is 4.70 Å². The van der Waals surface area contributed by atoms with E-state index in [9.17, 15) is 4.79 Å². The number of carbonyl (C=O) groups is 1. The predicted octanol–water partition coefficient (Wildman–Crippen LogP) is 1.81. The summed E-state index contributed by atoms with van der Waals surface area (Å²) in [6.45, 7) is 3.27. The molecule has 0 fully saturated rings. The van der Waals surface area contributed by atoms with Crippen molar-refractivity contribution in [3.05, 3.63) is 29.3 Å². The number of hydrogen-bond donors (Lipinski definition) is 2. The summed E-state index contributed by atoms with van der Waals surface area (Å²) >= 11 is 1.69. The largest absolute Gasteiger partial charge is 0.355 e. The second-order valence-electron chi connectivity index (χ2n) is 4.58. The van der Waals surface area contributed by atoms with Crippen molar-refractivity contribution < 1.29 is 4.79 Å². The van der Waals surface area contributed by atoms with Crippen LogP contribution < -0.4 is 10.6 Å². The average Bonchev–Trinajstić information content (AvgIpc) is 2.81. The van der Waals surface area contributed by atoms with Crippen LogP contribution in [0.5, 0.6) is 0 Å². The predicted molar refractivity (Wildman–Crippen MR) is 79.4 cm³/mol. The Morgan fingerprint density at radius 3 is 2.95 bits per heavy atom. The van der Waals surface area contributed by atoms with Gasteiger partial charge < -0.3 is 10.6 Å². The minimum atomic E-state index is 0.000340. The molecule has 0 aliphatic heterocycles. The van der Waals surface area contributed by atoms with Crippen LogP contribution in [0, 0.1) is 5.92 Å². The third kappa shape index (κ3) is 3.75. The van der Waals surface area contributed by atoms with Crippen molar-refractivity contribution in [2.24, 2.45) is 5.92 Å². The lowest BCUT2D eigenvalue weighted by atomic mass is 10.1. The maximum Gasteiger partial charge on any atom is 0.224 e. The van der Waals surface area contributed by atoms with Crippen LogP contribution in [-0.4, -0.2) is 31.0 Å². The minimum Gasteiger partial charge on any atom is -0.355 e. The number of benzene rings is 1. The number of amides is 1. The van der Waals surface area contributed by atoms with Crippen LogP contribution in [0.25, 0.3) is 10.2 Å². The monoisotopic (exact) mass is 277 g/mol. The summed E-state index contributed by atoms with van der Waals surface area (Å²) in [5.41, 5.74) is 1.04. The van der Waals surface area contributed by atoms with Gasteiger partial charge in [-0.25, -0.2) is 4.98 Å². The molecule has 0 spiro atoms. The highest BCUT2D eigenvalue weighted by atomic mass is 32.1. The molecule has 0 aliphatic rings. The van der Waals surface area contributed by atoms with E-state index >= 15 is 0 Å². The van der Waals surface area contributed by atoms with E-state index in [-0.39, 0.29) is 11.8 Å². The number of thiazole rings is 1. The first-order valence-corrected chi connectivity index (χ1v) is 7.29. The standard InChI is InChI=1S/C14H19N3OS/c1-10(9-15-2)14(18)16-8-7-13-17-11-5-3-4-6-12(11)19-13/h3-6,10,15H,7-9H2,1-2H3,(H,16,18). The number of aromatic nitrogens is 1. The Morgan fingerprint density at radius 2 is 2.21 bits per heavy atom. The van der Waals surface area contributed by atoms with Gasteiger partial charge in [-0.15, -0.1) is 11.3 Å². The lowest BCUT2D eigenvalue weighted by molar-refractivity contribution is -0.124. The Morgan fingerprint density at radius 1 is 1.42 bits per heavy atom. The fourth-order valence-corrected chi connectivity index (χ4v) is 2.86. The fourth-order valence-electron chi connectivity index (χ4n) is 1.89. The number of para-hydroxylation sites is 1. The van der Waals surface area contributed by atoms with Gasteiger partial charge in [0.25, 0.3) is 0 Å². The maximum atomic E-state index is 11.7. The average molecular weight is 277 g/mol. The van der Waals surface area contributed by atoms with Crippen molar-refractivity contribution in [1.29, 1.82) is 0 Å². The zero-order valence-corrected chi connectivity index (χ0v) is 12.1. The second kappa shape index (κ2) is 6.63. The van der Waals surface area contributed by atoms with E-state index < -0.39 is 0 Å². The van der Waals surface area contributed by atoms with Gasteiger partial charge in [-0.3, -0.25) is 4.79 Å². The Kier molecular flexibility index (Phi) is 4.87. The molecule has 2 rings (SSSR count). The van der Waals surface area contributed by atoms with E-state index in [0.717, 1.165) is 16.9 Å². The van der Waals surface area contributed by atoms with Gasteiger partial charge in [0.05, 0.1) is 15.2 Å². The van der Waals surface area contributed by atoms with Crippen LogP contribution in [-0.2, 0) is 11.2 Å². The molecule has 0 aliphatic carbocycles. The van der Waals surface area contributed by atoms with Gasteiger partial charge in [0.2, 0.25) is 5.91 Å². The molecule has 1 unspecified atom stereocenters. The number of rotatable bonds is 6. The molecule has 0 bridgehead atoms. The molecule has 2 aromatic rings. The molecular formula is C14H19N3OS. The van der Waals surface area contributed by atoms with Crippen molar-refractivity contribution in [3.63, 3.8) is 0 Å². The van der Waals surface area contributed by atoms with E-state index in [1.54, 1.807) is 11.3 Å². The Labute approximate surface area is 117 Å². The molecule has 19 heavy (non-hydrogen) atoms. The first-order valence-electron chi connectivity index (χ1n) is 6.47. The third-order valence-electron chi connectivity index (χ3n) is 2.93. The van der Waals surface area contributed by atoms with Gasteiger partial charge in [0, 0.05) is 25.4 Å². The molecule has 1 heterocycles. The van der Waals surface area contributed by atoms with Crippen molar-refractivity contribution in [1.82, 2.24) is 15.6 Å². The summed E-state index contributed by atoms with van der Waals surface area (Å²) in [5.74, 6) is 0.0934. The van der Waals surface area contributed by atoms with Gasteiger partial charge >= 0.3 is 0 Å². The van der Waals surface area contributed by atoms with Crippen molar-refractivity contribution >= 4 is 27.5 Å². The summed E-state index contributed by atoms with van der Waals surface area (Å²) in [7, 11) is 1.85. The summed E-state index contributed by atoms with van der Waals surface area (Å²) in [6.07, 6.45) is 0.789. The highest BCUT2D eigenvalue weighted by Gasteiger charge is 2.11. The van der Waals surface area contributed by atoms with Crippen molar-refractivity contribution in [2.75, 3.05) is 20.1 Å². The molecule has 1 aromatic heterocycles. The molecule has 5 heteroatoms. The molecule has 1 atom stereocenters. The van der Waals surface area contributed by atoms with Gasteiger partial charge in [-0.1, -0.05) is 19.1 Å². The number of fused-ring (bicyclic) bond motifs is 1. The molecule has 0 saturated carbocycles. The van der Waals surface area contributed by atoms with Crippen LogP contribution in [0.3, 0.4) is 0 Å². The zero-order valence-electron chi connectivity index (χ0n) is 11.3. The Bertz CT molecular complexity index is 519.